The van der Waals surface area contributed by atoms with E-state index in [1.807, 2.05) is 0 Å². The number of carbonyl (C=O) groups excluding carboxylic acids is 1. The molecule has 1 unspecified atom stereocenters. The lowest BCUT2D eigenvalue weighted by Gasteiger charge is -2.23. The first-order chi connectivity index (χ1) is 8.64. The second-order valence-corrected chi connectivity index (χ2v) is 4.77. The summed E-state index contributed by atoms with van der Waals surface area (Å²) in [7, 11) is 1.34. The van der Waals surface area contributed by atoms with Crippen LogP contribution in [0.2, 0.25) is 0 Å². The molecule has 1 aromatic rings. The van der Waals surface area contributed by atoms with Crippen LogP contribution >= 0.6 is 0 Å². The van der Waals surface area contributed by atoms with Gasteiger partial charge in [0.25, 0.3) is 0 Å². The summed E-state index contributed by atoms with van der Waals surface area (Å²) in [5.74, 6) is -0.178. The fourth-order valence-electron chi connectivity index (χ4n) is 2.18. The van der Waals surface area contributed by atoms with Crippen LogP contribution in [-0.4, -0.2) is 31.8 Å². The number of methoxy groups -OCH3 is 1. The molecule has 1 fully saturated rings. The molecule has 1 aliphatic rings. The number of esters is 1. The van der Waals surface area contributed by atoms with E-state index in [1.165, 1.54) is 13.4 Å². The zero-order chi connectivity index (χ0) is 13.0. The average Bonchev–Trinajstić information content (AvgIpc) is 2.98. The van der Waals surface area contributed by atoms with Gasteiger partial charge in [-0.25, -0.2) is 4.79 Å². The maximum atomic E-state index is 11.4. The number of rotatable bonds is 5. The van der Waals surface area contributed by atoms with Crippen LogP contribution < -0.4 is 5.32 Å². The van der Waals surface area contributed by atoms with E-state index in [0.717, 1.165) is 31.6 Å². The monoisotopic (exact) mass is 253 g/mol. The topological polar surface area (TPSA) is 60.7 Å². The fraction of sp³-hybridized carbons (Fsp3) is 0.615. The third-order valence-corrected chi connectivity index (χ3v) is 3.23. The fourth-order valence-corrected chi connectivity index (χ4v) is 2.18. The van der Waals surface area contributed by atoms with Crippen LogP contribution in [0.1, 0.15) is 35.9 Å². The maximum absolute atomic E-state index is 11.4. The van der Waals surface area contributed by atoms with Crippen molar-refractivity contribution in [3.63, 3.8) is 0 Å². The van der Waals surface area contributed by atoms with E-state index in [-0.39, 0.29) is 11.4 Å². The molecular weight excluding hydrogens is 234 g/mol. The minimum atomic E-state index is -0.444. The lowest BCUT2D eigenvalue weighted by atomic mass is 10.0. The molecule has 1 saturated heterocycles. The molecule has 5 heteroatoms. The number of hydrogen-bond donors (Lipinski definition) is 1. The third kappa shape index (κ3) is 2.91. The van der Waals surface area contributed by atoms with Gasteiger partial charge < -0.3 is 19.2 Å². The molecule has 0 radical (unpaired) electrons. The van der Waals surface area contributed by atoms with Crippen molar-refractivity contribution in [2.75, 3.05) is 20.3 Å². The lowest BCUT2D eigenvalue weighted by Crippen LogP contribution is -2.36. The molecule has 0 aromatic carbocycles. The molecule has 100 valence electrons. The van der Waals surface area contributed by atoms with Crippen molar-refractivity contribution >= 4 is 5.97 Å². The van der Waals surface area contributed by atoms with Crippen molar-refractivity contribution in [1.82, 2.24) is 5.32 Å². The summed E-state index contributed by atoms with van der Waals surface area (Å²) in [6.07, 6.45) is 3.67. The van der Waals surface area contributed by atoms with Crippen molar-refractivity contribution in [2.24, 2.45) is 0 Å². The smallest absolute Gasteiger partial charge is 0.374 e. The molecule has 0 aliphatic carbocycles. The summed E-state index contributed by atoms with van der Waals surface area (Å²) in [5.41, 5.74) is 0.721. The zero-order valence-electron chi connectivity index (χ0n) is 10.8. The first-order valence-corrected chi connectivity index (χ1v) is 6.14. The second-order valence-electron chi connectivity index (χ2n) is 4.77. The molecule has 1 aromatic heterocycles. The summed E-state index contributed by atoms with van der Waals surface area (Å²) >= 11 is 0. The van der Waals surface area contributed by atoms with Crippen LogP contribution in [0, 0.1) is 0 Å². The van der Waals surface area contributed by atoms with Crippen LogP contribution in [0.4, 0.5) is 0 Å². The predicted molar refractivity (Wildman–Crippen MR) is 65.3 cm³/mol. The number of nitrogens with one attached hydrogen (secondary N) is 1. The Bertz CT molecular complexity index is 407. The number of carbonyl (C=O) groups is 1. The second kappa shape index (κ2) is 5.54. The molecule has 0 saturated carbocycles. The molecule has 1 atom stereocenters. The molecular formula is C13H19NO4. The van der Waals surface area contributed by atoms with Gasteiger partial charge in [0.15, 0.2) is 0 Å². The normalized spacial score (nSPS) is 23.2. The molecule has 1 aliphatic heterocycles. The highest BCUT2D eigenvalue weighted by Crippen LogP contribution is 2.24. The van der Waals surface area contributed by atoms with E-state index in [9.17, 15) is 4.79 Å². The summed E-state index contributed by atoms with van der Waals surface area (Å²) in [5, 5.41) is 3.30. The van der Waals surface area contributed by atoms with Gasteiger partial charge in [-0.3, -0.25) is 0 Å². The largest absolute Gasteiger partial charge is 0.463 e. The molecule has 2 rings (SSSR count). The lowest BCUT2D eigenvalue weighted by molar-refractivity contribution is 0.0206. The van der Waals surface area contributed by atoms with Gasteiger partial charge in [0, 0.05) is 25.3 Å². The molecule has 0 amide bonds. The average molecular weight is 253 g/mol. The van der Waals surface area contributed by atoms with Crippen molar-refractivity contribution in [3.05, 3.63) is 23.7 Å². The Morgan fingerprint density at radius 2 is 2.44 bits per heavy atom. The van der Waals surface area contributed by atoms with E-state index in [1.54, 1.807) is 6.07 Å². The Kier molecular flexibility index (Phi) is 4.04. The van der Waals surface area contributed by atoms with Gasteiger partial charge in [-0.15, -0.1) is 0 Å². The molecule has 0 bridgehead atoms. The Morgan fingerprint density at radius 1 is 1.61 bits per heavy atom. The SMILES string of the molecule is COC(=O)c1occc1CNCC1(C)CCCO1. The third-order valence-electron chi connectivity index (χ3n) is 3.23. The van der Waals surface area contributed by atoms with Gasteiger partial charge in [-0.1, -0.05) is 0 Å². The van der Waals surface area contributed by atoms with Crippen LogP contribution in [0.25, 0.3) is 0 Å². The number of furan rings is 1. The maximum Gasteiger partial charge on any atom is 0.374 e. The van der Waals surface area contributed by atoms with Crippen LogP contribution in [0.5, 0.6) is 0 Å². The van der Waals surface area contributed by atoms with Crippen LogP contribution in [0.3, 0.4) is 0 Å². The summed E-state index contributed by atoms with van der Waals surface area (Å²) in [4.78, 5) is 11.4. The summed E-state index contributed by atoms with van der Waals surface area (Å²) < 4.78 is 15.5. The van der Waals surface area contributed by atoms with Gasteiger partial charge >= 0.3 is 5.97 Å². The quantitative estimate of drug-likeness (QED) is 0.810. The molecule has 2 heterocycles. The highest BCUT2D eigenvalue weighted by Gasteiger charge is 2.29. The van der Waals surface area contributed by atoms with E-state index in [4.69, 9.17) is 9.15 Å². The zero-order valence-corrected chi connectivity index (χ0v) is 10.8. The van der Waals surface area contributed by atoms with Gasteiger partial charge in [-0.05, 0) is 25.8 Å². The Morgan fingerprint density at radius 3 is 3.11 bits per heavy atom. The highest BCUT2D eigenvalue weighted by molar-refractivity contribution is 5.87. The number of hydrogen-bond acceptors (Lipinski definition) is 5. The first kappa shape index (κ1) is 13.1. The number of ether oxygens (including phenoxy) is 2. The van der Waals surface area contributed by atoms with E-state index in [2.05, 4.69) is 17.0 Å². The van der Waals surface area contributed by atoms with Crippen LogP contribution in [0.15, 0.2) is 16.7 Å². The first-order valence-electron chi connectivity index (χ1n) is 6.14. The predicted octanol–water partition coefficient (Wildman–Crippen LogP) is 1.72. The summed E-state index contributed by atoms with van der Waals surface area (Å²) in [6, 6.07) is 1.77. The summed E-state index contributed by atoms with van der Waals surface area (Å²) in [6.45, 7) is 4.26. The standard InChI is InChI=1S/C13H19NO4/c1-13(5-3-6-18-13)9-14-8-10-4-7-17-11(10)12(15)16-2/h4,7,14H,3,5-6,8-9H2,1-2H3. The Balaban J connectivity index is 1.87. The van der Waals surface area contributed by atoms with Gasteiger partial charge in [-0.2, -0.15) is 0 Å². The molecule has 5 nitrogen and oxygen atoms in total. The molecule has 18 heavy (non-hydrogen) atoms. The van der Waals surface area contributed by atoms with Crippen molar-refractivity contribution in [1.29, 1.82) is 0 Å². The van der Waals surface area contributed by atoms with Gasteiger partial charge in [0.05, 0.1) is 19.0 Å². The highest BCUT2D eigenvalue weighted by atomic mass is 16.5. The van der Waals surface area contributed by atoms with Crippen molar-refractivity contribution < 1.29 is 18.7 Å². The Labute approximate surface area is 106 Å². The van der Waals surface area contributed by atoms with Crippen LogP contribution in [-0.2, 0) is 16.0 Å². The van der Waals surface area contributed by atoms with Crippen molar-refractivity contribution in [3.8, 4) is 0 Å². The van der Waals surface area contributed by atoms with Gasteiger partial charge in [0.2, 0.25) is 5.76 Å². The Hall–Kier alpha value is -1.33. The molecule has 0 spiro atoms. The molecule has 1 N–H and O–H groups in total. The van der Waals surface area contributed by atoms with E-state index < -0.39 is 5.97 Å². The van der Waals surface area contributed by atoms with Crippen molar-refractivity contribution in [2.45, 2.75) is 31.9 Å². The minimum absolute atomic E-state index is 0.0881. The van der Waals surface area contributed by atoms with E-state index in [0.29, 0.717) is 6.54 Å². The van der Waals surface area contributed by atoms with Gasteiger partial charge in [0.1, 0.15) is 0 Å². The minimum Gasteiger partial charge on any atom is -0.463 e. The van der Waals surface area contributed by atoms with E-state index >= 15 is 0 Å².